The number of rotatable bonds is 1. The van der Waals surface area contributed by atoms with Gasteiger partial charge in [-0.2, -0.15) is 0 Å². The van der Waals surface area contributed by atoms with Gasteiger partial charge in [0.1, 0.15) is 0 Å². The highest BCUT2D eigenvalue weighted by molar-refractivity contribution is 5.85. The van der Waals surface area contributed by atoms with Crippen LogP contribution in [-0.2, 0) is 13.0 Å². The van der Waals surface area contributed by atoms with E-state index in [4.69, 9.17) is 10.2 Å². The summed E-state index contributed by atoms with van der Waals surface area (Å²) in [5.41, 5.74) is 0.245. The molecule has 0 saturated carbocycles. The molecule has 2 heterocycles. The van der Waals surface area contributed by atoms with Crippen LogP contribution in [0.5, 0.6) is 0 Å². The maximum absolute atomic E-state index is 13.3. The first-order valence-electron chi connectivity index (χ1n) is 4.88. The largest absolute Gasteiger partial charge is 0.476 e. The van der Waals surface area contributed by atoms with Crippen molar-refractivity contribution in [1.82, 2.24) is 9.88 Å². The van der Waals surface area contributed by atoms with Crippen molar-refractivity contribution in [2.24, 2.45) is 0 Å². The van der Waals surface area contributed by atoms with Crippen LogP contribution in [0.2, 0.25) is 0 Å². The molecular formula is C10H9FN2O4. The van der Waals surface area contributed by atoms with E-state index in [1.807, 2.05) is 0 Å². The van der Waals surface area contributed by atoms with Gasteiger partial charge in [-0.1, -0.05) is 0 Å². The number of hydrogen-bond donors (Lipinski definition) is 2. The summed E-state index contributed by atoms with van der Waals surface area (Å²) >= 11 is 0. The normalized spacial score (nSPS) is 14.3. The molecule has 0 aromatic carbocycles. The van der Waals surface area contributed by atoms with Gasteiger partial charge in [0.25, 0.3) is 0 Å². The molecule has 1 amide bonds. The van der Waals surface area contributed by atoms with Gasteiger partial charge in [-0.15, -0.1) is 0 Å². The minimum absolute atomic E-state index is 0.0362. The SMILES string of the molecule is O=C(O)c1nc2c(cc1F)CN(C(=O)O)CC2. The van der Waals surface area contributed by atoms with Crippen LogP contribution in [0.1, 0.15) is 21.7 Å². The molecule has 1 aromatic heterocycles. The van der Waals surface area contributed by atoms with Crippen molar-refractivity contribution in [2.75, 3.05) is 6.54 Å². The van der Waals surface area contributed by atoms with Crippen molar-refractivity contribution in [3.8, 4) is 0 Å². The third-order valence-corrected chi connectivity index (χ3v) is 2.60. The molecule has 6 nitrogen and oxygen atoms in total. The van der Waals surface area contributed by atoms with Crippen LogP contribution < -0.4 is 0 Å². The number of aromatic nitrogens is 1. The second kappa shape index (κ2) is 4.00. The monoisotopic (exact) mass is 240 g/mol. The summed E-state index contributed by atoms with van der Waals surface area (Å²) in [5, 5.41) is 17.5. The second-order valence-corrected chi connectivity index (χ2v) is 3.68. The van der Waals surface area contributed by atoms with Crippen LogP contribution in [0.15, 0.2) is 6.07 Å². The van der Waals surface area contributed by atoms with Crippen LogP contribution >= 0.6 is 0 Å². The van der Waals surface area contributed by atoms with E-state index in [0.29, 0.717) is 17.7 Å². The zero-order valence-electron chi connectivity index (χ0n) is 8.68. The first-order chi connectivity index (χ1) is 7.99. The molecule has 1 aromatic rings. The molecule has 0 aliphatic carbocycles. The van der Waals surface area contributed by atoms with Gasteiger partial charge in [0.15, 0.2) is 11.5 Å². The Morgan fingerprint density at radius 1 is 1.41 bits per heavy atom. The number of pyridine rings is 1. The van der Waals surface area contributed by atoms with E-state index in [0.717, 1.165) is 11.0 Å². The first kappa shape index (κ1) is 11.3. The number of halogens is 1. The van der Waals surface area contributed by atoms with Gasteiger partial charge >= 0.3 is 12.1 Å². The molecular weight excluding hydrogens is 231 g/mol. The average Bonchev–Trinajstić information content (AvgIpc) is 2.26. The summed E-state index contributed by atoms with van der Waals surface area (Å²) in [6, 6.07) is 1.04. The minimum atomic E-state index is -1.43. The number of carbonyl (C=O) groups is 2. The highest BCUT2D eigenvalue weighted by Gasteiger charge is 2.24. The highest BCUT2D eigenvalue weighted by atomic mass is 19.1. The lowest BCUT2D eigenvalue weighted by Gasteiger charge is -2.25. The molecule has 2 N–H and O–H groups in total. The average molecular weight is 240 g/mol. The van der Waals surface area contributed by atoms with Crippen LogP contribution in [-0.4, -0.2) is 38.7 Å². The molecule has 0 saturated heterocycles. The molecule has 1 aliphatic rings. The Hall–Kier alpha value is -2.18. The van der Waals surface area contributed by atoms with E-state index >= 15 is 0 Å². The van der Waals surface area contributed by atoms with Crippen molar-refractivity contribution < 1.29 is 24.2 Å². The Morgan fingerprint density at radius 2 is 2.12 bits per heavy atom. The van der Waals surface area contributed by atoms with Gasteiger partial charge < -0.3 is 15.1 Å². The van der Waals surface area contributed by atoms with Gasteiger partial charge in [0.05, 0.1) is 6.54 Å². The summed E-state index contributed by atoms with van der Waals surface area (Å²) in [6.07, 6.45) is -0.791. The topological polar surface area (TPSA) is 90.7 Å². The summed E-state index contributed by atoms with van der Waals surface area (Å²) in [5.74, 6) is -2.37. The number of fused-ring (bicyclic) bond motifs is 1. The van der Waals surface area contributed by atoms with Crippen LogP contribution in [0, 0.1) is 5.82 Å². The van der Waals surface area contributed by atoms with Gasteiger partial charge in [-0.3, -0.25) is 0 Å². The Kier molecular flexibility index (Phi) is 2.66. The Bertz CT molecular complexity index is 503. The highest BCUT2D eigenvalue weighted by Crippen LogP contribution is 2.20. The molecule has 1 aliphatic heterocycles. The predicted octanol–water partition coefficient (Wildman–Crippen LogP) is 0.955. The smallest absolute Gasteiger partial charge is 0.407 e. The molecule has 90 valence electrons. The van der Waals surface area contributed by atoms with Crippen molar-refractivity contribution in [2.45, 2.75) is 13.0 Å². The third-order valence-electron chi connectivity index (χ3n) is 2.60. The van der Waals surface area contributed by atoms with Gasteiger partial charge in [0, 0.05) is 18.7 Å². The van der Waals surface area contributed by atoms with Crippen LogP contribution in [0.3, 0.4) is 0 Å². The number of carboxylic acids is 1. The van der Waals surface area contributed by atoms with Crippen molar-refractivity contribution in [1.29, 1.82) is 0 Å². The molecule has 0 radical (unpaired) electrons. The van der Waals surface area contributed by atoms with E-state index in [-0.39, 0.29) is 13.1 Å². The minimum Gasteiger partial charge on any atom is -0.476 e. The molecule has 0 bridgehead atoms. The maximum atomic E-state index is 13.3. The molecule has 17 heavy (non-hydrogen) atoms. The summed E-state index contributed by atoms with van der Waals surface area (Å²) in [6.45, 7) is 0.272. The number of hydrogen-bond acceptors (Lipinski definition) is 3. The number of aromatic carboxylic acids is 1. The first-order valence-corrected chi connectivity index (χ1v) is 4.88. The Balaban J connectivity index is 2.38. The summed E-state index contributed by atoms with van der Waals surface area (Å²) in [4.78, 5) is 26.3. The zero-order valence-corrected chi connectivity index (χ0v) is 8.68. The van der Waals surface area contributed by atoms with E-state index in [1.165, 1.54) is 0 Å². The molecule has 0 spiro atoms. The standard InChI is InChI=1S/C10H9FN2O4/c11-6-3-5-4-13(10(16)17)2-1-7(5)12-8(6)9(14)15/h3H,1-2,4H2,(H,14,15)(H,16,17). The number of amides is 1. The fraction of sp³-hybridized carbons (Fsp3) is 0.300. The summed E-state index contributed by atoms with van der Waals surface area (Å²) in [7, 11) is 0. The van der Waals surface area contributed by atoms with Crippen molar-refractivity contribution >= 4 is 12.1 Å². The van der Waals surface area contributed by atoms with E-state index < -0.39 is 23.6 Å². The van der Waals surface area contributed by atoms with Gasteiger partial charge in [0.2, 0.25) is 0 Å². The predicted molar refractivity (Wildman–Crippen MR) is 53.3 cm³/mol. The molecule has 7 heteroatoms. The van der Waals surface area contributed by atoms with E-state index in [2.05, 4.69) is 4.98 Å². The lowest BCUT2D eigenvalue weighted by molar-refractivity contribution is 0.0683. The number of nitrogens with zero attached hydrogens (tertiary/aromatic N) is 2. The second-order valence-electron chi connectivity index (χ2n) is 3.68. The lowest BCUT2D eigenvalue weighted by atomic mass is 10.1. The van der Waals surface area contributed by atoms with E-state index in [9.17, 15) is 14.0 Å². The molecule has 0 unspecified atom stereocenters. The quantitative estimate of drug-likeness (QED) is 0.762. The number of carboxylic acid groups (broad SMARTS) is 2. The van der Waals surface area contributed by atoms with E-state index in [1.54, 1.807) is 0 Å². The van der Waals surface area contributed by atoms with Crippen molar-refractivity contribution in [3.63, 3.8) is 0 Å². The fourth-order valence-corrected chi connectivity index (χ4v) is 1.76. The fourth-order valence-electron chi connectivity index (χ4n) is 1.76. The maximum Gasteiger partial charge on any atom is 0.407 e. The van der Waals surface area contributed by atoms with Crippen LogP contribution in [0.4, 0.5) is 9.18 Å². The Labute approximate surface area is 95.3 Å². The zero-order chi connectivity index (χ0) is 12.6. The lowest BCUT2D eigenvalue weighted by Crippen LogP contribution is -2.35. The molecule has 0 atom stereocenters. The summed E-state index contributed by atoms with van der Waals surface area (Å²) < 4.78 is 13.3. The van der Waals surface area contributed by atoms with Gasteiger partial charge in [-0.25, -0.2) is 19.0 Å². The van der Waals surface area contributed by atoms with Crippen LogP contribution in [0.25, 0.3) is 0 Å². The molecule has 2 rings (SSSR count). The van der Waals surface area contributed by atoms with Crippen molar-refractivity contribution in [3.05, 3.63) is 28.8 Å². The Morgan fingerprint density at radius 3 is 2.71 bits per heavy atom. The molecule has 0 fully saturated rings. The van der Waals surface area contributed by atoms with Gasteiger partial charge in [-0.05, 0) is 11.6 Å². The third kappa shape index (κ3) is 2.03.